The number of halogens is 2. The molecule has 0 spiro atoms. The fourth-order valence-electron chi connectivity index (χ4n) is 2.31. The van der Waals surface area contributed by atoms with Crippen molar-refractivity contribution in [1.82, 2.24) is 15.2 Å². The lowest BCUT2D eigenvalue weighted by Gasteiger charge is -2.12. The highest BCUT2D eigenvalue weighted by Crippen LogP contribution is 2.24. The number of anilines is 1. The van der Waals surface area contributed by atoms with Gasteiger partial charge in [-0.3, -0.25) is 5.32 Å². The lowest BCUT2D eigenvalue weighted by atomic mass is 10.2. The Morgan fingerprint density at radius 1 is 1.22 bits per heavy atom. The van der Waals surface area contributed by atoms with E-state index in [2.05, 4.69) is 25.7 Å². The summed E-state index contributed by atoms with van der Waals surface area (Å²) in [7, 11) is 3.18. The molecular weight excluding hydrogens is 389 g/mol. The molecule has 0 aliphatic rings. The SMILES string of the molecule is CCNC(=NCc1ccc(NC(=O)OC)cc1)NCc1cc(Cl)c(Cl)n1C. The largest absolute Gasteiger partial charge is 0.453 e. The van der Waals surface area contributed by atoms with E-state index in [1.165, 1.54) is 7.11 Å². The number of amides is 1. The molecule has 1 aromatic carbocycles. The summed E-state index contributed by atoms with van der Waals surface area (Å²) in [5, 5.41) is 10.1. The van der Waals surface area contributed by atoms with Crippen LogP contribution in [0, 0.1) is 0 Å². The van der Waals surface area contributed by atoms with Crippen molar-refractivity contribution in [3.05, 3.63) is 51.8 Å². The maximum absolute atomic E-state index is 11.2. The van der Waals surface area contributed by atoms with Crippen molar-refractivity contribution >= 4 is 40.9 Å². The van der Waals surface area contributed by atoms with Gasteiger partial charge in [-0.05, 0) is 30.7 Å². The smallest absolute Gasteiger partial charge is 0.411 e. The number of ether oxygens (including phenoxy) is 1. The second kappa shape index (κ2) is 10.1. The van der Waals surface area contributed by atoms with E-state index in [4.69, 9.17) is 23.2 Å². The molecule has 0 bridgehead atoms. The maximum Gasteiger partial charge on any atom is 0.411 e. The lowest BCUT2D eigenvalue weighted by molar-refractivity contribution is 0.187. The van der Waals surface area contributed by atoms with Crippen LogP contribution >= 0.6 is 23.2 Å². The molecule has 0 aliphatic heterocycles. The molecular formula is C18H23Cl2N5O2. The summed E-state index contributed by atoms with van der Waals surface area (Å²) in [6, 6.07) is 9.23. The molecule has 3 N–H and O–H groups in total. The predicted octanol–water partition coefficient (Wildman–Crippen LogP) is 3.77. The summed E-state index contributed by atoms with van der Waals surface area (Å²) in [6.45, 7) is 3.77. The first-order valence-corrected chi connectivity index (χ1v) is 9.15. The van der Waals surface area contributed by atoms with Gasteiger partial charge in [-0.1, -0.05) is 35.3 Å². The van der Waals surface area contributed by atoms with Gasteiger partial charge >= 0.3 is 6.09 Å². The summed E-state index contributed by atoms with van der Waals surface area (Å²) in [6.07, 6.45) is -0.500. The zero-order chi connectivity index (χ0) is 19.8. The number of carbonyl (C=O) groups excluding carboxylic acids is 1. The number of aliphatic imine (C=N–C) groups is 1. The standard InChI is InChI=1S/C18H23Cl2N5O2/c1-4-21-17(23-11-14-9-15(19)16(20)25(14)2)22-10-12-5-7-13(8-6-12)24-18(26)27-3/h5-9H,4,10-11H2,1-3H3,(H,24,26)(H2,21,22,23). The molecule has 0 radical (unpaired) electrons. The minimum Gasteiger partial charge on any atom is -0.453 e. The fourth-order valence-corrected chi connectivity index (χ4v) is 2.72. The van der Waals surface area contributed by atoms with E-state index >= 15 is 0 Å². The number of hydrogen-bond acceptors (Lipinski definition) is 3. The van der Waals surface area contributed by atoms with Crippen molar-refractivity contribution in [1.29, 1.82) is 0 Å². The molecule has 7 nitrogen and oxygen atoms in total. The first kappa shape index (κ1) is 20.9. The van der Waals surface area contributed by atoms with Crippen LogP contribution in [0.4, 0.5) is 10.5 Å². The summed E-state index contributed by atoms with van der Waals surface area (Å²) in [5.74, 6) is 0.683. The van der Waals surface area contributed by atoms with Gasteiger partial charge in [0.2, 0.25) is 0 Å². The zero-order valence-electron chi connectivity index (χ0n) is 15.5. The Balaban J connectivity index is 1.98. The zero-order valence-corrected chi connectivity index (χ0v) is 17.0. The van der Waals surface area contributed by atoms with Crippen molar-refractivity contribution in [3.8, 4) is 0 Å². The van der Waals surface area contributed by atoms with Gasteiger partial charge in [-0.2, -0.15) is 0 Å². The molecule has 0 saturated carbocycles. The van der Waals surface area contributed by atoms with Gasteiger partial charge in [-0.15, -0.1) is 0 Å². The number of rotatable bonds is 6. The van der Waals surface area contributed by atoms with Gasteiger partial charge < -0.3 is 19.9 Å². The lowest BCUT2D eigenvalue weighted by Crippen LogP contribution is -2.37. The van der Waals surface area contributed by atoms with Crippen LogP contribution in [0.3, 0.4) is 0 Å². The molecule has 9 heteroatoms. The van der Waals surface area contributed by atoms with Crippen molar-refractivity contribution < 1.29 is 9.53 Å². The average molecular weight is 412 g/mol. The Morgan fingerprint density at radius 2 is 1.93 bits per heavy atom. The van der Waals surface area contributed by atoms with Gasteiger partial charge in [0.15, 0.2) is 5.96 Å². The Hall–Kier alpha value is -2.38. The van der Waals surface area contributed by atoms with Gasteiger partial charge in [0, 0.05) is 25.0 Å². The highest BCUT2D eigenvalue weighted by Gasteiger charge is 2.09. The molecule has 0 unspecified atom stereocenters. The van der Waals surface area contributed by atoms with E-state index < -0.39 is 6.09 Å². The number of nitrogens with zero attached hydrogens (tertiary/aromatic N) is 2. The van der Waals surface area contributed by atoms with Crippen molar-refractivity contribution in [2.24, 2.45) is 12.0 Å². The molecule has 0 fully saturated rings. The summed E-state index contributed by atoms with van der Waals surface area (Å²) < 4.78 is 6.39. The quantitative estimate of drug-likeness (QED) is 0.499. The first-order valence-electron chi connectivity index (χ1n) is 8.40. The number of methoxy groups -OCH3 is 1. The van der Waals surface area contributed by atoms with Gasteiger partial charge in [0.25, 0.3) is 0 Å². The normalized spacial score (nSPS) is 11.2. The highest BCUT2D eigenvalue weighted by atomic mass is 35.5. The summed E-state index contributed by atoms with van der Waals surface area (Å²) in [4.78, 5) is 15.8. The monoisotopic (exact) mass is 411 g/mol. The Bertz CT molecular complexity index is 803. The Kier molecular flexibility index (Phi) is 7.82. The molecule has 2 rings (SSSR count). The molecule has 1 aromatic heterocycles. The van der Waals surface area contributed by atoms with E-state index in [0.717, 1.165) is 17.8 Å². The molecule has 0 aliphatic carbocycles. The number of aromatic nitrogens is 1. The number of hydrogen-bond donors (Lipinski definition) is 3. The molecule has 1 amide bonds. The van der Waals surface area contributed by atoms with Crippen LogP contribution in [0.15, 0.2) is 35.3 Å². The molecule has 0 saturated heterocycles. The molecule has 0 atom stereocenters. The van der Waals surface area contributed by atoms with Crippen LogP contribution in [-0.2, 0) is 24.9 Å². The second-order valence-corrected chi connectivity index (χ2v) is 6.46. The third kappa shape index (κ3) is 6.08. The van der Waals surface area contributed by atoms with Crippen LogP contribution < -0.4 is 16.0 Å². The average Bonchev–Trinajstić information content (AvgIpc) is 2.91. The molecule has 2 aromatic rings. The van der Waals surface area contributed by atoms with E-state index in [1.807, 2.05) is 36.7 Å². The van der Waals surface area contributed by atoms with Crippen molar-refractivity contribution in [2.45, 2.75) is 20.0 Å². The topological polar surface area (TPSA) is 79.7 Å². The van der Waals surface area contributed by atoms with E-state index in [-0.39, 0.29) is 0 Å². The minimum absolute atomic E-state index is 0.489. The summed E-state index contributed by atoms with van der Waals surface area (Å²) >= 11 is 12.1. The number of nitrogens with one attached hydrogen (secondary N) is 3. The number of carbonyl (C=O) groups is 1. The van der Waals surface area contributed by atoms with Crippen molar-refractivity contribution in [3.63, 3.8) is 0 Å². The van der Waals surface area contributed by atoms with Gasteiger partial charge in [0.1, 0.15) is 5.15 Å². The van der Waals surface area contributed by atoms with Crippen LogP contribution in [-0.4, -0.2) is 30.3 Å². The molecule has 1 heterocycles. The van der Waals surface area contributed by atoms with Crippen LogP contribution in [0.1, 0.15) is 18.2 Å². The third-order valence-electron chi connectivity index (χ3n) is 3.80. The minimum atomic E-state index is -0.500. The number of guanidine groups is 1. The van der Waals surface area contributed by atoms with Gasteiger partial charge in [-0.25, -0.2) is 9.79 Å². The van der Waals surface area contributed by atoms with E-state index in [9.17, 15) is 4.79 Å². The van der Waals surface area contributed by atoms with E-state index in [0.29, 0.717) is 34.9 Å². The maximum atomic E-state index is 11.2. The van der Waals surface area contributed by atoms with Crippen molar-refractivity contribution in [2.75, 3.05) is 19.0 Å². The van der Waals surface area contributed by atoms with Crippen LogP contribution in [0.2, 0.25) is 10.2 Å². The summed E-state index contributed by atoms with van der Waals surface area (Å²) in [5.41, 5.74) is 2.62. The van der Waals surface area contributed by atoms with Gasteiger partial charge in [0.05, 0.1) is 25.2 Å². The van der Waals surface area contributed by atoms with Crippen LogP contribution in [0.25, 0.3) is 0 Å². The third-order valence-corrected chi connectivity index (χ3v) is 4.64. The second-order valence-electron chi connectivity index (χ2n) is 5.70. The first-order chi connectivity index (χ1) is 12.9. The van der Waals surface area contributed by atoms with E-state index in [1.54, 1.807) is 12.1 Å². The fraction of sp³-hybridized carbons (Fsp3) is 0.333. The molecule has 146 valence electrons. The highest BCUT2D eigenvalue weighted by molar-refractivity contribution is 6.41. The Labute approximate surface area is 168 Å². The Morgan fingerprint density at radius 3 is 2.48 bits per heavy atom. The number of benzene rings is 1. The predicted molar refractivity (Wildman–Crippen MR) is 110 cm³/mol. The molecule has 27 heavy (non-hydrogen) atoms. The van der Waals surface area contributed by atoms with Crippen LogP contribution in [0.5, 0.6) is 0 Å².